The SMILES string of the molecule is CNC(CNC1CC1)c1ccc(C(C)C)cc1. The number of hydrogen-bond donors (Lipinski definition) is 2. The van der Waals surface area contributed by atoms with Crippen molar-refractivity contribution in [2.24, 2.45) is 0 Å². The van der Waals surface area contributed by atoms with Gasteiger partial charge in [-0.15, -0.1) is 0 Å². The average molecular weight is 232 g/mol. The van der Waals surface area contributed by atoms with Gasteiger partial charge in [0.2, 0.25) is 0 Å². The molecule has 0 heterocycles. The van der Waals surface area contributed by atoms with E-state index in [0.717, 1.165) is 12.6 Å². The standard InChI is InChI=1S/C15H24N2/c1-11(2)12-4-6-13(7-5-12)15(16-3)10-17-14-8-9-14/h4-7,11,14-17H,8-10H2,1-3H3. The van der Waals surface area contributed by atoms with E-state index in [-0.39, 0.29) is 0 Å². The molecule has 1 fully saturated rings. The summed E-state index contributed by atoms with van der Waals surface area (Å²) >= 11 is 0. The maximum atomic E-state index is 3.58. The van der Waals surface area contributed by atoms with Gasteiger partial charge in [-0.3, -0.25) is 0 Å². The fourth-order valence-corrected chi connectivity index (χ4v) is 2.07. The predicted molar refractivity (Wildman–Crippen MR) is 73.4 cm³/mol. The van der Waals surface area contributed by atoms with Crippen molar-refractivity contribution >= 4 is 0 Å². The second-order valence-electron chi connectivity index (χ2n) is 5.35. The lowest BCUT2D eigenvalue weighted by molar-refractivity contribution is 0.526. The van der Waals surface area contributed by atoms with Crippen LogP contribution in [0.4, 0.5) is 0 Å². The maximum Gasteiger partial charge on any atom is 0.0444 e. The van der Waals surface area contributed by atoms with Gasteiger partial charge in [0.25, 0.3) is 0 Å². The maximum absolute atomic E-state index is 3.58. The van der Waals surface area contributed by atoms with Crippen LogP contribution in [0, 0.1) is 0 Å². The van der Waals surface area contributed by atoms with Gasteiger partial charge in [0.1, 0.15) is 0 Å². The average Bonchev–Trinajstić information content (AvgIpc) is 3.14. The molecule has 17 heavy (non-hydrogen) atoms. The topological polar surface area (TPSA) is 24.1 Å². The van der Waals surface area contributed by atoms with Crippen LogP contribution >= 0.6 is 0 Å². The molecule has 0 aliphatic heterocycles. The predicted octanol–water partition coefficient (Wildman–Crippen LogP) is 2.82. The molecule has 0 radical (unpaired) electrons. The summed E-state index contributed by atoms with van der Waals surface area (Å²) in [5, 5.41) is 6.97. The van der Waals surface area contributed by atoms with Gasteiger partial charge in [0.15, 0.2) is 0 Å². The normalized spacial score (nSPS) is 17.4. The van der Waals surface area contributed by atoms with E-state index in [1.165, 1.54) is 24.0 Å². The molecule has 0 aromatic heterocycles. The molecule has 0 amide bonds. The van der Waals surface area contributed by atoms with Crippen molar-refractivity contribution in [2.45, 2.75) is 44.7 Å². The highest BCUT2D eigenvalue weighted by Gasteiger charge is 2.21. The van der Waals surface area contributed by atoms with Crippen molar-refractivity contribution in [3.63, 3.8) is 0 Å². The molecule has 0 spiro atoms. The van der Waals surface area contributed by atoms with Gasteiger partial charge >= 0.3 is 0 Å². The van der Waals surface area contributed by atoms with E-state index < -0.39 is 0 Å². The van der Waals surface area contributed by atoms with E-state index in [0.29, 0.717) is 12.0 Å². The van der Waals surface area contributed by atoms with E-state index in [1.807, 2.05) is 7.05 Å². The van der Waals surface area contributed by atoms with Gasteiger partial charge in [0, 0.05) is 18.6 Å². The lowest BCUT2D eigenvalue weighted by atomic mass is 9.99. The number of nitrogens with one attached hydrogen (secondary N) is 2. The minimum Gasteiger partial charge on any atom is -0.312 e. The van der Waals surface area contributed by atoms with Gasteiger partial charge in [-0.2, -0.15) is 0 Å². The summed E-state index contributed by atoms with van der Waals surface area (Å²) in [4.78, 5) is 0. The molecular weight excluding hydrogens is 208 g/mol. The molecule has 1 unspecified atom stereocenters. The minimum atomic E-state index is 0.428. The molecule has 1 aliphatic carbocycles. The molecule has 1 aromatic carbocycles. The summed E-state index contributed by atoms with van der Waals surface area (Å²) in [6.07, 6.45) is 2.70. The van der Waals surface area contributed by atoms with Crippen molar-refractivity contribution in [3.8, 4) is 0 Å². The van der Waals surface area contributed by atoms with Crippen LogP contribution in [0.15, 0.2) is 24.3 Å². The number of likely N-dealkylation sites (N-methyl/N-ethyl adjacent to an activating group) is 1. The second-order valence-corrected chi connectivity index (χ2v) is 5.35. The highest BCUT2D eigenvalue weighted by Crippen LogP contribution is 2.21. The number of hydrogen-bond acceptors (Lipinski definition) is 2. The van der Waals surface area contributed by atoms with Gasteiger partial charge in [0.05, 0.1) is 0 Å². The monoisotopic (exact) mass is 232 g/mol. The summed E-state index contributed by atoms with van der Waals surface area (Å²) in [7, 11) is 2.04. The fourth-order valence-electron chi connectivity index (χ4n) is 2.07. The molecule has 0 saturated heterocycles. The smallest absolute Gasteiger partial charge is 0.0444 e. The molecule has 1 aromatic rings. The Kier molecular flexibility index (Phi) is 4.19. The van der Waals surface area contributed by atoms with Gasteiger partial charge in [-0.25, -0.2) is 0 Å². The Balaban J connectivity index is 1.96. The summed E-state index contributed by atoms with van der Waals surface area (Å²) in [6.45, 7) is 5.50. The fraction of sp³-hybridized carbons (Fsp3) is 0.600. The van der Waals surface area contributed by atoms with Crippen LogP contribution in [0.25, 0.3) is 0 Å². The summed E-state index contributed by atoms with van der Waals surface area (Å²) in [5.41, 5.74) is 2.80. The van der Waals surface area contributed by atoms with Crippen molar-refractivity contribution in [1.82, 2.24) is 10.6 Å². The van der Waals surface area contributed by atoms with E-state index in [9.17, 15) is 0 Å². The second kappa shape index (κ2) is 5.65. The highest BCUT2D eigenvalue weighted by atomic mass is 15.0. The van der Waals surface area contributed by atoms with Crippen LogP contribution in [0.3, 0.4) is 0 Å². The first-order chi connectivity index (χ1) is 8.20. The molecule has 2 rings (SSSR count). The number of benzene rings is 1. The Morgan fingerprint density at radius 1 is 1.12 bits per heavy atom. The molecule has 2 N–H and O–H groups in total. The Labute approximate surface area is 105 Å². The van der Waals surface area contributed by atoms with E-state index in [1.54, 1.807) is 0 Å². The van der Waals surface area contributed by atoms with Crippen LogP contribution in [-0.2, 0) is 0 Å². The zero-order valence-corrected chi connectivity index (χ0v) is 11.2. The van der Waals surface area contributed by atoms with Crippen LogP contribution in [0.2, 0.25) is 0 Å². The largest absolute Gasteiger partial charge is 0.312 e. The first-order valence-corrected chi connectivity index (χ1v) is 6.71. The Morgan fingerprint density at radius 2 is 1.71 bits per heavy atom. The third-order valence-corrected chi connectivity index (χ3v) is 3.54. The van der Waals surface area contributed by atoms with E-state index in [4.69, 9.17) is 0 Å². The van der Waals surface area contributed by atoms with Gasteiger partial charge < -0.3 is 10.6 Å². The molecule has 2 heteroatoms. The van der Waals surface area contributed by atoms with E-state index in [2.05, 4.69) is 48.7 Å². The Hall–Kier alpha value is -0.860. The van der Waals surface area contributed by atoms with Crippen molar-refractivity contribution in [3.05, 3.63) is 35.4 Å². The Morgan fingerprint density at radius 3 is 2.18 bits per heavy atom. The van der Waals surface area contributed by atoms with Crippen LogP contribution in [0.1, 0.15) is 49.8 Å². The minimum absolute atomic E-state index is 0.428. The van der Waals surface area contributed by atoms with Crippen molar-refractivity contribution in [2.75, 3.05) is 13.6 Å². The first-order valence-electron chi connectivity index (χ1n) is 6.71. The molecule has 1 aliphatic rings. The third-order valence-electron chi connectivity index (χ3n) is 3.54. The molecular formula is C15H24N2. The highest BCUT2D eigenvalue weighted by molar-refractivity contribution is 5.27. The zero-order chi connectivity index (χ0) is 12.3. The lowest BCUT2D eigenvalue weighted by Gasteiger charge is -2.18. The Bertz CT molecular complexity index is 338. The zero-order valence-electron chi connectivity index (χ0n) is 11.2. The molecule has 1 saturated carbocycles. The molecule has 2 nitrogen and oxygen atoms in total. The quantitative estimate of drug-likeness (QED) is 0.788. The summed E-state index contributed by atoms with van der Waals surface area (Å²) < 4.78 is 0. The van der Waals surface area contributed by atoms with Crippen LogP contribution < -0.4 is 10.6 Å². The van der Waals surface area contributed by atoms with Gasteiger partial charge in [-0.1, -0.05) is 38.1 Å². The first kappa shape index (κ1) is 12.6. The molecule has 1 atom stereocenters. The van der Waals surface area contributed by atoms with Crippen LogP contribution in [-0.4, -0.2) is 19.6 Å². The van der Waals surface area contributed by atoms with Crippen molar-refractivity contribution in [1.29, 1.82) is 0 Å². The number of rotatable bonds is 6. The molecule has 0 bridgehead atoms. The van der Waals surface area contributed by atoms with Crippen molar-refractivity contribution < 1.29 is 0 Å². The van der Waals surface area contributed by atoms with Crippen LogP contribution in [0.5, 0.6) is 0 Å². The summed E-state index contributed by atoms with van der Waals surface area (Å²) in [5.74, 6) is 0.613. The van der Waals surface area contributed by atoms with E-state index >= 15 is 0 Å². The lowest BCUT2D eigenvalue weighted by Crippen LogP contribution is -2.30. The molecule has 94 valence electrons. The third kappa shape index (κ3) is 3.55. The summed E-state index contributed by atoms with van der Waals surface area (Å²) in [6, 6.07) is 10.2. The van der Waals surface area contributed by atoms with Gasteiger partial charge in [-0.05, 0) is 36.9 Å².